The zero-order valence-corrected chi connectivity index (χ0v) is 15.9. The van der Waals surface area contributed by atoms with Gasteiger partial charge in [0.1, 0.15) is 0 Å². The standard InChI is InChI=1S/C16H18NO9P/c1-23-15(20)11(12(16(21)24-2)27(22,25-3)26-4)17-13(18)9-7-5-6-8-10(9)14(17)19/h5-8,11-12H,1-4H3/t11-,12-/m1/s1. The number of carbonyl (C=O) groups is 4. The Kier molecular flexibility index (Phi) is 6.15. The van der Waals surface area contributed by atoms with Gasteiger partial charge in [-0.25, -0.2) is 4.79 Å². The Morgan fingerprint density at radius 1 is 0.889 bits per heavy atom. The Balaban J connectivity index is 2.66. The SMILES string of the molecule is COC(=O)[C@@H]([C@H](C(=O)OC)P(=O)(OC)OC)N1C(=O)c2ccccc2C1=O. The maximum absolute atomic E-state index is 13.0. The monoisotopic (exact) mass is 399 g/mol. The van der Waals surface area contributed by atoms with Gasteiger partial charge in [-0.1, -0.05) is 12.1 Å². The first kappa shape index (κ1) is 20.8. The van der Waals surface area contributed by atoms with Crippen molar-refractivity contribution in [3.05, 3.63) is 35.4 Å². The molecule has 0 N–H and O–H groups in total. The van der Waals surface area contributed by atoms with Crippen LogP contribution in [0.15, 0.2) is 24.3 Å². The van der Waals surface area contributed by atoms with E-state index in [0.29, 0.717) is 4.90 Å². The van der Waals surface area contributed by atoms with Gasteiger partial charge < -0.3 is 18.5 Å². The number of nitrogens with zero attached hydrogens (tertiary/aromatic N) is 1. The van der Waals surface area contributed by atoms with Crippen LogP contribution < -0.4 is 0 Å². The van der Waals surface area contributed by atoms with Gasteiger partial charge in [0.05, 0.1) is 25.3 Å². The van der Waals surface area contributed by atoms with Gasteiger partial charge in [-0.3, -0.25) is 23.8 Å². The van der Waals surface area contributed by atoms with E-state index < -0.39 is 43.0 Å². The summed E-state index contributed by atoms with van der Waals surface area (Å²) >= 11 is 0. The summed E-state index contributed by atoms with van der Waals surface area (Å²) in [6.07, 6.45) is 0. The van der Waals surface area contributed by atoms with Crippen LogP contribution >= 0.6 is 7.60 Å². The molecule has 0 fully saturated rings. The molecule has 0 aliphatic carbocycles. The van der Waals surface area contributed by atoms with Gasteiger partial charge in [0, 0.05) is 14.2 Å². The first-order valence-corrected chi connectivity index (χ1v) is 9.22. The maximum Gasteiger partial charge on any atom is 0.347 e. The number of hydrogen-bond acceptors (Lipinski definition) is 9. The summed E-state index contributed by atoms with van der Waals surface area (Å²) in [6.45, 7) is 0. The molecule has 11 heteroatoms. The quantitative estimate of drug-likeness (QED) is 0.373. The topological polar surface area (TPSA) is 126 Å². The fourth-order valence-electron chi connectivity index (χ4n) is 2.81. The lowest BCUT2D eigenvalue weighted by molar-refractivity contribution is -0.151. The second kappa shape index (κ2) is 7.99. The number of benzene rings is 1. The lowest BCUT2D eigenvalue weighted by Crippen LogP contribution is -2.55. The first-order valence-electron chi connectivity index (χ1n) is 7.61. The molecule has 0 bridgehead atoms. The summed E-state index contributed by atoms with van der Waals surface area (Å²) < 4.78 is 31.9. The van der Waals surface area contributed by atoms with E-state index in [4.69, 9.17) is 9.05 Å². The van der Waals surface area contributed by atoms with Crippen LogP contribution in [0.5, 0.6) is 0 Å². The van der Waals surface area contributed by atoms with E-state index in [9.17, 15) is 23.7 Å². The summed E-state index contributed by atoms with van der Waals surface area (Å²) in [7, 11) is -0.335. The lowest BCUT2D eigenvalue weighted by atomic mass is 10.1. The second-order valence-electron chi connectivity index (χ2n) is 5.37. The molecule has 1 heterocycles. The van der Waals surface area contributed by atoms with E-state index >= 15 is 0 Å². The number of imide groups is 1. The molecule has 2 atom stereocenters. The van der Waals surface area contributed by atoms with Crippen molar-refractivity contribution in [1.29, 1.82) is 0 Å². The molecule has 2 amide bonds. The highest BCUT2D eigenvalue weighted by atomic mass is 31.2. The molecule has 1 aromatic rings. The zero-order chi connectivity index (χ0) is 20.4. The minimum Gasteiger partial charge on any atom is -0.468 e. The van der Waals surface area contributed by atoms with Crippen LogP contribution in [0, 0.1) is 0 Å². The Morgan fingerprint density at radius 2 is 1.33 bits per heavy atom. The van der Waals surface area contributed by atoms with Gasteiger partial charge in [-0.2, -0.15) is 0 Å². The van der Waals surface area contributed by atoms with Gasteiger partial charge in [-0.05, 0) is 12.1 Å². The van der Waals surface area contributed by atoms with E-state index in [0.717, 1.165) is 28.4 Å². The molecule has 0 aromatic heterocycles. The Morgan fingerprint density at radius 3 is 1.70 bits per heavy atom. The minimum absolute atomic E-state index is 0.0321. The number of carbonyl (C=O) groups excluding carboxylic acids is 4. The number of rotatable bonds is 7. The molecule has 0 unspecified atom stereocenters. The van der Waals surface area contributed by atoms with Crippen LogP contribution in [-0.4, -0.2) is 68.8 Å². The molecule has 27 heavy (non-hydrogen) atoms. The smallest absolute Gasteiger partial charge is 0.347 e. The van der Waals surface area contributed by atoms with Crippen molar-refractivity contribution in [3.63, 3.8) is 0 Å². The summed E-state index contributed by atoms with van der Waals surface area (Å²) in [5.41, 5.74) is -1.87. The van der Waals surface area contributed by atoms with Crippen molar-refractivity contribution in [2.24, 2.45) is 0 Å². The summed E-state index contributed by atoms with van der Waals surface area (Å²) in [5.74, 6) is -4.03. The van der Waals surface area contributed by atoms with Crippen molar-refractivity contribution < 1.29 is 42.3 Å². The molecular weight excluding hydrogens is 381 g/mol. The molecule has 1 aliphatic rings. The number of amides is 2. The maximum atomic E-state index is 13.0. The highest BCUT2D eigenvalue weighted by molar-refractivity contribution is 7.55. The van der Waals surface area contributed by atoms with E-state index in [1.807, 2.05) is 0 Å². The average Bonchev–Trinajstić information content (AvgIpc) is 2.95. The van der Waals surface area contributed by atoms with Crippen LogP contribution in [0.3, 0.4) is 0 Å². The van der Waals surface area contributed by atoms with Crippen LogP contribution in [-0.2, 0) is 32.7 Å². The van der Waals surface area contributed by atoms with Crippen LogP contribution in [0.4, 0.5) is 0 Å². The number of fused-ring (bicyclic) bond motifs is 1. The number of ether oxygens (including phenoxy) is 2. The first-order chi connectivity index (χ1) is 12.8. The molecular formula is C16H18NO9P. The molecule has 1 aromatic carbocycles. The lowest BCUT2D eigenvalue weighted by Gasteiger charge is -2.32. The Hall–Kier alpha value is -2.55. The van der Waals surface area contributed by atoms with Crippen LogP contribution in [0.2, 0.25) is 0 Å². The number of methoxy groups -OCH3 is 2. The van der Waals surface area contributed by atoms with Gasteiger partial charge >= 0.3 is 19.5 Å². The number of esters is 2. The van der Waals surface area contributed by atoms with Crippen molar-refractivity contribution in [2.45, 2.75) is 11.7 Å². The fourth-order valence-corrected chi connectivity index (χ4v) is 4.38. The van der Waals surface area contributed by atoms with Gasteiger partial charge in [0.2, 0.25) is 0 Å². The normalized spacial score (nSPS) is 15.9. The fraction of sp³-hybridized carbons (Fsp3) is 0.375. The molecule has 2 rings (SSSR count). The summed E-state index contributed by atoms with van der Waals surface area (Å²) in [6, 6.07) is 3.94. The Bertz CT molecular complexity index is 794. The summed E-state index contributed by atoms with van der Waals surface area (Å²) in [4.78, 5) is 50.9. The Labute approximate surface area is 154 Å². The third-order valence-electron chi connectivity index (χ3n) is 4.14. The van der Waals surface area contributed by atoms with Crippen molar-refractivity contribution in [3.8, 4) is 0 Å². The molecule has 146 valence electrons. The molecule has 10 nitrogen and oxygen atoms in total. The van der Waals surface area contributed by atoms with Crippen molar-refractivity contribution in [1.82, 2.24) is 4.90 Å². The van der Waals surface area contributed by atoms with E-state index in [-0.39, 0.29) is 11.1 Å². The van der Waals surface area contributed by atoms with Crippen molar-refractivity contribution in [2.75, 3.05) is 28.4 Å². The van der Waals surface area contributed by atoms with Crippen LogP contribution in [0.25, 0.3) is 0 Å². The molecule has 0 spiro atoms. The third-order valence-corrected chi connectivity index (χ3v) is 6.33. The second-order valence-corrected chi connectivity index (χ2v) is 7.73. The van der Waals surface area contributed by atoms with Gasteiger partial charge in [-0.15, -0.1) is 0 Å². The molecule has 0 radical (unpaired) electrons. The van der Waals surface area contributed by atoms with E-state index in [1.54, 1.807) is 0 Å². The minimum atomic E-state index is -4.31. The van der Waals surface area contributed by atoms with Gasteiger partial charge in [0.15, 0.2) is 11.7 Å². The predicted octanol–water partition coefficient (Wildman–Crippen LogP) is 0.852. The third kappa shape index (κ3) is 3.39. The van der Waals surface area contributed by atoms with E-state index in [1.165, 1.54) is 24.3 Å². The molecule has 0 saturated heterocycles. The molecule has 0 saturated carbocycles. The largest absolute Gasteiger partial charge is 0.468 e. The zero-order valence-electron chi connectivity index (χ0n) is 15.0. The van der Waals surface area contributed by atoms with Crippen LogP contribution in [0.1, 0.15) is 20.7 Å². The molecule has 1 aliphatic heterocycles. The van der Waals surface area contributed by atoms with Gasteiger partial charge in [0.25, 0.3) is 11.8 Å². The predicted molar refractivity (Wildman–Crippen MR) is 90.2 cm³/mol. The highest BCUT2D eigenvalue weighted by Gasteiger charge is 2.57. The number of hydrogen-bond donors (Lipinski definition) is 0. The average molecular weight is 399 g/mol. The highest BCUT2D eigenvalue weighted by Crippen LogP contribution is 2.54. The summed E-state index contributed by atoms with van der Waals surface area (Å²) in [5, 5.41) is 0. The van der Waals surface area contributed by atoms with Crippen molar-refractivity contribution >= 4 is 31.3 Å². The van der Waals surface area contributed by atoms with E-state index in [2.05, 4.69) is 9.47 Å².